The number of benzene rings is 4. The molecule has 1 atom stereocenters. The van der Waals surface area contributed by atoms with Crippen molar-refractivity contribution in [3.63, 3.8) is 0 Å². The smallest absolute Gasteiger partial charge is 0.320 e. The summed E-state index contributed by atoms with van der Waals surface area (Å²) in [6.07, 6.45) is 0.261. The average Bonchev–Trinajstić information content (AvgIpc) is 2.85. The van der Waals surface area contributed by atoms with E-state index in [0.29, 0.717) is 5.75 Å². The lowest BCUT2D eigenvalue weighted by Gasteiger charge is -2.36. The lowest BCUT2D eigenvalue weighted by atomic mass is 9.80. The summed E-state index contributed by atoms with van der Waals surface area (Å²) in [6.45, 7) is 0. The average molecular weight is 424 g/mol. The molecular weight excluding hydrogens is 398 g/mol. The van der Waals surface area contributed by atoms with E-state index in [1.807, 2.05) is 78.9 Å². The number of hydrogen-bond acceptors (Lipinski definition) is 3. The second-order valence-corrected chi connectivity index (χ2v) is 7.67. The largest absolute Gasteiger partial charge is 0.480 e. The molecule has 0 bridgehead atoms. The van der Waals surface area contributed by atoms with E-state index in [1.165, 1.54) is 0 Å². The number of carboxylic acid groups (broad SMARTS) is 1. The number of carboxylic acids is 1. The minimum absolute atomic E-state index is 0.261. The van der Waals surface area contributed by atoms with E-state index in [0.717, 1.165) is 22.3 Å². The second kappa shape index (κ2) is 9.50. The standard InChI is InChI=1S/C28H25NO3/c29-26(27(30)31)20-21-16-18-25(19-17-21)32-28(22-10-4-1-5-11-22,23-12-6-2-7-13-23)24-14-8-3-9-15-24/h1-19,26H,20,29H2,(H,30,31)/t26-/m0/s1. The number of rotatable bonds is 8. The first-order valence-corrected chi connectivity index (χ1v) is 10.5. The molecule has 4 rings (SSSR count). The zero-order chi connectivity index (χ0) is 22.4. The highest BCUT2D eigenvalue weighted by atomic mass is 16.5. The van der Waals surface area contributed by atoms with Crippen LogP contribution in [0.5, 0.6) is 5.75 Å². The van der Waals surface area contributed by atoms with Crippen LogP contribution in [0, 0.1) is 0 Å². The molecular formula is C28H25NO3. The Balaban J connectivity index is 1.81. The maximum absolute atomic E-state index is 11.1. The van der Waals surface area contributed by atoms with Crippen molar-refractivity contribution in [1.29, 1.82) is 0 Å². The summed E-state index contributed by atoms with van der Waals surface area (Å²) in [7, 11) is 0. The Morgan fingerprint density at radius 3 is 1.50 bits per heavy atom. The fourth-order valence-corrected chi connectivity index (χ4v) is 3.91. The summed E-state index contributed by atoms with van der Waals surface area (Å²) in [5.41, 5.74) is 8.70. The van der Waals surface area contributed by atoms with Gasteiger partial charge < -0.3 is 15.6 Å². The van der Waals surface area contributed by atoms with E-state index < -0.39 is 17.6 Å². The normalized spacial score (nSPS) is 12.2. The summed E-state index contributed by atoms with van der Waals surface area (Å²) in [4.78, 5) is 11.1. The van der Waals surface area contributed by atoms with Gasteiger partial charge >= 0.3 is 5.97 Å². The molecule has 0 spiro atoms. The van der Waals surface area contributed by atoms with E-state index in [9.17, 15) is 4.79 Å². The molecule has 0 heterocycles. The molecule has 0 amide bonds. The molecule has 4 aromatic carbocycles. The minimum atomic E-state index is -1.01. The van der Waals surface area contributed by atoms with E-state index in [4.69, 9.17) is 15.6 Å². The van der Waals surface area contributed by atoms with Gasteiger partial charge in [0, 0.05) is 16.7 Å². The number of hydrogen-bond donors (Lipinski definition) is 2. The van der Waals surface area contributed by atoms with Gasteiger partial charge in [0.05, 0.1) is 0 Å². The van der Waals surface area contributed by atoms with Gasteiger partial charge in [-0.25, -0.2) is 0 Å². The first kappa shape index (κ1) is 21.3. The molecule has 4 aromatic rings. The van der Waals surface area contributed by atoms with Crippen molar-refractivity contribution >= 4 is 5.97 Å². The van der Waals surface area contributed by atoms with Crippen LogP contribution in [0.3, 0.4) is 0 Å². The van der Waals surface area contributed by atoms with E-state index in [-0.39, 0.29) is 6.42 Å². The molecule has 0 radical (unpaired) electrons. The van der Waals surface area contributed by atoms with Gasteiger partial charge in [0.15, 0.2) is 5.60 Å². The van der Waals surface area contributed by atoms with Gasteiger partial charge in [-0.1, -0.05) is 103 Å². The molecule has 0 saturated heterocycles. The molecule has 0 unspecified atom stereocenters. The first-order valence-electron chi connectivity index (χ1n) is 10.5. The van der Waals surface area contributed by atoms with Crippen LogP contribution in [0.2, 0.25) is 0 Å². The SMILES string of the molecule is N[C@@H](Cc1ccc(OC(c2ccccc2)(c2ccccc2)c2ccccc2)cc1)C(=O)O. The van der Waals surface area contributed by atoms with Crippen LogP contribution in [0.25, 0.3) is 0 Å². The monoisotopic (exact) mass is 423 g/mol. The second-order valence-electron chi connectivity index (χ2n) is 7.67. The third-order valence-electron chi connectivity index (χ3n) is 5.51. The van der Waals surface area contributed by atoms with Gasteiger partial charge in [-0.15, -0.1) is 0 Å². The van der Waals surface area contributed by atoms with Gasteiger partial charge in [-0.3, -0.25) is 4.79 Å². The number of ether oxygens (including phenoxy) is 1. The van der Waals surface area contributed by atoms with Crippen LogP contribution in [0.1, 0.15) is 22.3 Å². The molecule has 0 aliphatic carbocycles. The quantitative estimate of drug-likeness (QED) is 0.391. The molecule has 4 heteroatoms. The van der Waals surface area contributed by atoms with Crippen molar-refractivity contribution in [3.8, 4) is 5.75 Å². The van der Waals surface area contributed by atoms with Crippen LogP contribution >= 0.6 is 0 Å². The Kier molecular flexibility index (Phi) is 6.34. The van der Waals surface area contributed by atoms with Crippen LogP contribution in [-0.2, 0) is 16.8 Å². The predicted octanol–water partition coefficient (Wildman–Crippen LogP) is 5.01. The van der Waals surface area contributed by atoms with Gasteiger partial charge in [0.25, 0.3) is 0 Å². The Bertz CT molecular complexity index is 1050. The fraction of sp³-hybridized carbons (Fsp3) is 0.107. The number of aliphatic carboxylic acids is 1. The molecule has 0 aromatic heterocycles. The Morgan fingerprint density at radius 1 is 0.719 bits per heavy atom. The molecule has 3 N–H and O–H groups in total. The van der Waals surface area contributed by atoms with E-state index in [2.05, 4.69) is 36.4 Å². The summed E-state index contributed by atoms with van der Waals surface area (Å²) < 4.78 is 6.82. The topological polar surface area (TPSA) is 72.5 Å². The first-order chi connectivity index (χ1) is 15.6. The zero-order valence-electron chi connectivity index (χ0n) is 17.6. The van der Waals surface area contributed by atoms with Crippen molar-refractivity contribution in [2.45, 2.75) is 18.1 Å². The van der Waals surface area contributed by atoms with Crippen molar-refractivity contribution < 1.29 is 14.6 Å². The van der Waals surface area contributed by atoms with Crippen LogP contribution in [0.15, 0.2) is 115 Å². The van der Waals surface area contributed by atoms with Crippen molar-refractivity contribution in [3.05, 3.63) is 138 Å². The fourth-order valence-electron chi connectivity index (χ4n) is 3.91. The van der Waals surface area contributed by atoms with Gasteiger partial charge in [0.1, 0.15) is 11.8 Å². The van der Waals surface area contributed by atoms with Gasteiger partial charge in [0.2, 0.25) is 0 Å². The Morgan fingerprint density at radius 2 is 1.12 bits per heavy atom. The highest BCUT2D eigenvalue weighted by Gasteiger charge is 2.38. The third-order valence-corrected chi connectivity index (χ3v) is 5.51. The van der Waals surface area contributed by atoms with E-state index >= 15 is 0 Å². The van der Waals surface area contributed by atoms with Crippen LogP contribution in [0.4, 0.5) is 0 Å². The van der Waals surface area contributed by atoms with E-state index in [1.54, 1.807) is 0 Å². The van der Waals surface area contributed by atoms with Crippen LogP contribution < -0.4 is 10.5 Å². The zero-order valence-corrected chi connectivity index (χ0v) is 17.6. The van der Waals surface area contributed by atoms with Crippen molar-refractivity contribution in [2.24, 2.45) is 5.73 Å². The lowest BCUT2D eigenvalue weighted by molar-refractivity contribution is -0.138. The maximum Gasteiger partial charge on any atom is 0.320 e. The van der Waals surface area contributed by atoms with Crippen LogP contribution in [-0.4, -0.2) is 17.1 Å². The molecule has 0 fully saturated rings. The van der Waals surface area contributed by atoms with Crippen molar-refractivity contribution in [2.75, 3.05) is 0 Å². The Labute approximate surface area is 187 Å². The number of nitrogens with two attached hydrogens (primary N) is 1. The molecule has 32 heavy (non-hydrogen) atoms. The molecule has 0 aliphatic rings. The number of carbonyl (C=O) groups is 1. The van der Waals surface area contributed by atoms with Gasteiger partial charge in [-0.05, 0) is 24.1 Å². The van der Waals surface area contributed by atoms with Crippen molar-refractivity contribution in [1.82, 2.24) is 0 Å². The molecule has 0 aliphatic heterocycles. The Hall–Kier alpha value is -3.89. The summed E-state index contributed by atoms with van der Waals surface area (Å²) in [6, 6.07) is 37.0. The maximum atomic E-state index is 11.1. The predicted molar refractivity (Wildman–Crippen MR) is 126 cm³/mol. The molecule has 160 valence electrons. The molecule has 0 saturated carbocycles. The van der Waals surface area contributed by atoms with Gasteiger partial charge in [-0.2, -0.15) is 0 Å². The highest BCUT2D eigenvalue weighted by Crippen LogP contribution is 2.41. The summed E-state index contributed by atoms with van der Waals surface area (Å²) >= 11 is 0. The molecule has 4 nitrogen and oxygen atoms in total. The minimum Gasteiger partial charge on any atom is -0.480 e. The highest BCUT2D eigenvalue weighted by molar-refractivity contribution is 5.73. The third kappa shape index (κ3) is 4.41. The lowest BCUT2D eigenvalue weighted by Crippen LogP contribution is -2.36. The summed E-state index contributed by atoms with van der Waals surface area (Å²) in [5, 5.41) is 9.08. The summed E-state index contributed by atoms with van der Waals surface area (Å²) in [5.74, 6) is -0.337.